The highest BCUT2D eigenvalue weighted by molar-refractivity contribution is 4.77. The molecule has 0 bridgehead atoms. The van der Waals surface area contributed by atoms with Crippen molar-refractivity contribution in [3.8, 4) is 0 Å². The lowest BCUT2D eigenvalue weighted by Gasteiger charge is -2.25. The highest BCUT2D eigenvalue weighted by Crippen LogP contribution is 2.19. The van der Waals surface area contributed by atoms with E-state index in [9.17, 15) is 0 Å². The fourth-order valence-corrected chi connectivity index (χ4v) is 2.35. The fourth-order valence-electron chi connectivity index (χ4n) is 2.35. The van der Waals surface area contributed by atoms with Crippen molar-refractivity contribution in [3.05, 3.63) is 0 Å². The van der Waals surface area contributed by atoms with E-state index in [2.05, 4.69) is 4.90 Å². The molecule has 1 aliphatic heterocycles. The molecule has 114 valence electrons. The molecule has 2 atom stereocenters. The maximum atomic E-state index is 5.91. The molecule has 1 fully saturated rings. The molecule has 1 rings (SSSR count). The molecule has 19 heavy (non-hydrogen) atoms. The van der Waals surface area contributed by atoms with E-state index in [1.807, 2.05) is 13.8 Å². The highest BCUT2D eigenvalue weighted by atomic mass is 16.5. The highest BCUT2D eigenvalue weighted by Gasteiger charge is 2.25. The van der Waals surface area contributed by atoms with Crippen LogP contribution >= 0.6 is 0 Å². The normalized spacial score (nSPS) is 23.4. The van der Waals surface area contributed by atoms with Crippen LogP contribution in [0.3, 0.4) is 0 Å². The van der Waals surface area contributed by atoms with Gasteiger partial charge in [-0.25, -0.2) is 0 Å². The van der Waals surface area contributed by atoms with Crippen LogP contribution in [0, 0.1) is 0 Å². The molecule has 0 aliphatic carbocycles. The van der Waals surface area contributed by atoms with Crippen molar-refractivity contribution in [3.63, 3.8) is 0 Å². The Morgan fingerprint density at radius 3 is 2.11 bits per heavy atom. The van der Waals surface area contributed by atoms with Gasteiger partial charge in [0.1, 0.15) is 0 Å². The minimum absolute atomic E-state index is 0.255. The van der Waals surface area contributed by atoms with Gasteiger partial charge in [0.05, 0.1) is 25.4 Å². The molecule has 0 aromatic rings. The molecule has 0 aromatic heterocycles. The molecule has 0 amide bonds. The summed E-state index contributed by atoms with van der Waals surface area (Å²) in [5.74, 6) is 0. The average molecular weight is 274 g/mol. The molecule has 5 nitrogen and oxygen atoms in total. The van der Waals surface area contributed by atoms with E-state index in [1.165, 1.54) is 0 Å². The summed E-state index contributed by atoms with van der Waals surface area (Å²) in [4.78, 5) is 2.37. The first-order chi connectivity index (χ1) is 9.30. The van der Waals surface area contributed by atoms with Crippen LogP contribution in [0.15, 0.2) is 0 Å². The van der Waals surface area contributed by atoms with Crippen LogP contribution in [0.5, 0.6) is 0 Å². The smallest absolute Gasteiger partial charge is 0.0707 e. The number of rotatable bonds is 11. The van der Waals surface area contributed by atoms with Crippen molar-refractivity contribution in [2.45, 2.75) is 38.9 Å². The van der Waals surface area contributed by atoms with Crippen molar-refractivity contribution in [1.29, 1.82) is 0 Å². The summed E-state index contributed by atoms with van der Waals surface area (Å²) < 4.78 is 16.8. The SMILES string of the molecule is CCOCCN(CCOCC)CC1CCC(CN)O1. The van der Waals surface area contributed by atoms with Crippen LogP contribution in [0.25, 0.3) is 0 Å². The van der Waals surface area contributed by atoms with Gasteiger partial charge in [0.25, 0.3) is 0 Å². The lowest BCUT2D eigenvalue weighted by molar-refractivity contribution is 0.0122. The fraction of sp³-hybridized carbons (Fsp3) is 1.00. The van der Waals surface area contributed by atoms with E-state index < -0.39 is 0 Å². The van der Waals surface area contributed by atoms with Gasteiger partial charge < -0.3 is 19.9 Å². The third kappa shape index (κ3) is 7.22. The van der Waals surface area contributed by atoms with Gasteiger partial charge in [-0.05, 0) is 26.7 Å². The van der Waals surface area contributed by atoms with E-state index in [0.29, 0.717) is 12.6 Å². The van der Waals surface area contributed by atoms with Crippen LogP contribution in [-0.4, -0.2) is 69.7 Å². The van der Waals surface area contributed by atoms with Crippen LogP contribution in [0.2, 0.25) is 0 Å². The van der Waals surface area contributed by atoms with Gasteiger partial charge in [-0.1, -0.05) is 0 Å². The van der Waals surface area contributed by atoms with Crippen molar-refractivity contribution >= 4 is 0 Å². The molecular formula is C14H30N2O3. The maximum Gasteiger partial charge on any atom is 0.0707 e. The summed E-state index contributed by atoms with van der Waals surface area (Å²) in [7, 11) is 0. The minimum atomic E-state index is 0.255. The minimum Gasteiger partial charge on any atom is -0.380 e. The van der Waals surface area contributed by atoms with E-state index in [0.717, 1.165) is 58.9 Å². The second-order valence-electron chi connectivity index (χ2n) is 4.89. The van der Waals surface area contributed by atoms with E-state index in [-0.39, 0.29) is 6.10 Å². The van der Waals surface area contributed by atoms with Crippen molar-refractivity contribution in [2.24, 2.45) is 5.73 Å². The standard InChI is InChI=1S/C14H30N2O3/c1-3-17-9-7-16(8-10-18-4-2)12-14-6-5-13(11-15)19-14/h13-14H,3-12,15H2,1-2H3. The molecule has 0 saturated carbocycles. The summed E-state index contributed by atoms with van der Waals surface area (Å²) >= 11 is 0. The number of ether oxygens (including phenoxy) is 3. The molecule has 5 heteroatoms. The van der Waals surface area contributed by atoms with Gasteiger partial charge in [-0.3, -0.25) is 4.90 Å². The number of hydrogen-bond donors (Lipinski definition) is 1. The Morgan fingerprint density at radius 2 is 1.63 bits per heavy atom. The van der Waals surface area contributed by atoms with Gasteiger partial charge >= 0.3 is 0 Å². The van der Waals surface area contributed by atoms with Gasteiger partial charge in [-0.2, -0.15) is 0 Å². The summed E-state index contributed by atoms with van der Waals surface area (Å²) in [5, 5.41) is 0. The monoisotopic (exact) mass is 274 g/mol. The van der Waals surface area contributed by atoms with Crippen LogP contribution in [0.4, 0.5) is 0 Å². The van der Waals surface area contributed by atoms with Crippen molar-refractivity contribution in [1.82, 2.24) is 4.90 Å². The Hall–Kier alpha value is -0.200. The zero-order chi connectivity index (χ0) is 13.9. The number of hydrogen-bond acceptors (Lipinski definition) is 5. The third-order valence-corrected chi connectivity index (χ3v) is 3.43. The topological polar surface area (TPSA) is 57.0 Å². The lowest BCUT2D eigenvalue weighted by Crippen LogP contribution is -2.37. The predicted molar refractivity (Wildman–Crippen MR) is 76.4 cm³/mol. The van der Waals surface area contributed by atoms with Crippen LogP contribution in [-0.2, 0) is 14.2 Å². The summed E-state index contributed by atoms with van der Waals surface area (Å²) in [6.07, 6.45) is 2.77. The van der Waals surface area contributed by atoms with Gasteiger partial charge in [-0.15, -0.1) is 0 Å². The maximum absolute atomic E-state index is 5.91. The number of nitrogens with zero attached hydrogens (tertiary/aromatic N) is 1. The van der Waals surface area contributed by atoms with Crippen molar-refractivity contribution in [2.75, 3.05) is 52.6 Å². The zero-order valence-electron chi connectivity index (χ0n) is 12.5. The first-order valence-electron chi connectivity index (χ1n) is 7.53. The Labute approximate surface area is 117 Å². The van der Waals surface area contributed by atoms with Crippen LogP contribution < -0.4 is 5.73 Å². The molecule has 0 radical (unpaired) electrons. The molecule has 0 aromatic carbocycles. The second kappa shape index (κ2) is 10.6. The summed E-state index contributed by atoms with van der Waals surface area (Å²) in [6, 6.07) is 0. The average Bonchev–Trinajstić information content (AvgIpc) is 2.87. The molecule has 2 N–H and O–H groups in total. The first-order valence-corrected chi connectivity index (χ1v) is 7.53. The molecule has 1 saturated heterocycles. The Balaban J connectivity index is 2.26. The van der Waals surface area contributed by atoms with Gasteiger partial charge in [0.15, 0.2) is 0 Å². The van der Waals surface area contributed by atoms with E-state index in [4.69, 9.17) is 19.9 Å². The third-order valence-electron chi connectivity index (χ3n) is 3.43. The Morgan fingerprint density at radius 1 is 1.05 bits per heavy atom. The first kappa shape index (κ1) is 16.9. The van der Waals surface area contributed by atoms with Crippen LogP contribution in [0.1, 0.15) is 26.7 Å². The second-order valence-corrected chi connectivity index (χ2v) is 4.89. The predicted octanol–water partition coefficient (Wildman–Crippen LogP) is 0.868. The zero-order valence-corrected chi connectivity index (χ0v) is 12.5. The number of nitrogens with two attached hydrogens (primary N) is 1. The Kier molecular flexibility index (Phi) is 9.38. The summed E-state index contributed by atoms with van der Waals surface area (Å²) in [5.41, 5.74) is 5.64. The van der Waals surface area contributed by atoms with E-state index >= 15 is 0 Å². The largest absolute Gasteiger partial charge is 0.380 e. The molecule has 1 aliphatic rings. The van der Waals surface area contributed by atoms with E-state index in [1.54, 1.807) is 0 Å². The quantitative estimate of drug-likeness (QED) is 0.567. The molecule has 2 unspecified atom stereocenters. The lowest BCUT2D eigenvalue weighted by atomic mass is 10.2. The molecule has 1 heterocycles. The van der Waals surface area contributed by atoms with Crippen molar-refractivity contribution < 1.29 is 14.2 Å². The molecule has 0 spiro atoms. The van der Waals surface area contributed by atoms with Gasteiger partial charge in [0.2, 0.25) is 0 Å². The van der Waals surface area contributed by atoms with Gasteiger partial charge in [0, 0.05) is 39.4 Å². The Bertz CT molecular complexity index is 207. The summed E-state index contributed by atoms with van der Waals surface area (Å²) in [6.45, 7) is 10.6. The molecular weight excluding hydrogens is 244 g/mol.